The molecule has 1 atom stereocenters. The topological polar surface area (TPSA) is 123 Å². The molecule has 2 aromatic heterocycles. The summed E-state index contributed by atoms with van der Waals surface area (Å²) in [5.41, 5.74) is 9.87. The van der Waals surface area contributed by atoms with E-state index in [9.17, 15) is 14.7 Å². The Kier molecular flexibility index (Phi) is 7.98. The molecule has 4 N–H and O–H groups in total. The maximum absolute atomic E-state index is 12.7. The Balaban J connectivity index is 1.32. The quantitative estimate of drug-likeness (QED) is 0.246. The summed E-state index contributed by atoms with van der Waals surface area (Å²) >= 11 is 0. The number of aromatic nitrogens is 3. The molecule has 0 fully saturated rings. The van der Waals surface area contributed by atoms with Crippen molar-refractivity contribution in [1.29, 1.82) is 0 Å². The first-order valence-electron chi connectivity index (χ1n) is 13.3. The molecule has 5 rings (SSSR count). The zero-order chi connectivity index (χ0) is 28.1. The first-order chi connectivity index (χ1) is 19.4. The van der Waals surface area contributed by atoms with Crippen LogP contribution in [0.3, 0.4) is 0 Å². The van der Waals surface area contributed by atoms with Crippen LogP contribution >= 0.6 is 0 Å². The number of hydrogen-bond acceptors (Lipinski definition) is 6. The number of imide groups is 1. The summed E-state index contributed by atoms with van der Waals surface area (Å²) < 4.78 is 1.81. The average molecular weight is 534 g/mol. The van der Waals surface area contributed by atoms with Crippen molar-refractivity contribution in [2.75, 3.05) is 0 Å². The van der Waals surface area contributed by atoms with Crippen molar-refractivity contribution < 1.29 is 14.7 Å². The van der Waals surface area contributed by atoms with Crippen molar-refractivity contribution in [2.24, 2.45) is 5.73 Å². The Labute approximate surface area is 232 Å². The van der Waals surface area contributed by atoms with E-state index in [1.165, 1.54) is 12.1 Å². The van der Waals surface area contributed by atoms with Crippen LogP contribution in [0.1, 0.15) is 41.4 Å². The average Bonchev–Trinajstić information content (AvgIpc) is 3.47. The first kappa shape index (κ1) is 26.8. The number of benzene rings is 3. The van der Waals surface area contributed by atoms with Gasteiger partial charge in [-0.05, 0) is 66.6 Å². The number of nitrogens with zero attached hydrogens (tertiary/aromatic N) is 3. The van der Waals surface area contributed by atoms with E-state index in [-0.39, 0.29) is 12.2 Å². The van der Waals surface area contributed by atoms with Crippen molar-refractivity contribution in [2.45, 2.75) is 38.6 Å². The van der Waals surface area contributed by atoms with Gasteiger partial charge in [-0.15, -0.1) is 0 Å². The van der Waals surface area contributed by atoms with E-state index in [1.54, 1.807) is 30.5 Å². The van der Waals surface area contributed by atoms with Gasteiger partial charge in [0, 0.05) is 16.5 Å². The summed E-state index contributed by atoms with van der Waals surface area (Å²) in [5.74, 6) is -0.224. The molecule has 8 heteroatoms. The number of carbonyl (C=O) groups excluding carboxylic acids is 2. The fourth-order valence-corrected chi connectivity index (χ4v) is 4.65. The number of nitrogens with one attached hydrogen (secondary N) is 1. The van der Waals surface area contributed by atoms with Crippen LogP contribution in [0.15, 0.2) is 91.1 Å². The summed E-state index contributed by atoms with van der Waals surface area (Å²) in [6.45, 7) is 2.17. The maximum Gasteiger partial charge on any atom is 0.257 e. The van der Waals surface area contributed by atoms with Crippen LogP contribution in [0.5, 0.6) is 5.75 Å². The second kappa shape index (κ2) is 11.9. The molecule has 0 aliphatic rings. The largest absolute Gasteiger partial charge is 0.508 e. The molecule has 0 saturated carbocycles. The van der Waals surface area contributed by atoms with Crippen LogP contribution in [-0.2, 0) is 17.6 Å². The zero-order valence-electron chi connectivity index (χ0n) is 22.2. The van der Waals surface area contributed by atoms with E-state index in [0.717, 1.165) is 58.4 Å². The highest BCUT2D eigenvalue weighted by molar-refractivity contribution is 6.06. The Morgan fingerprint density at radius 3 is 2.50 bits per heavy atom. The standard InChI is InChI=1S/C32H31N5O3/c1-2-3-8-28-26-7-5-4-6-24(26)20-30(35-28)37-29(17-18-34-37)22-11-13-23(14-12-22)31(39)36-32(40)27(33)19-21-9-15-25(38)16-10-21/h4-7,9-18,20,27,38H,2-3,8,19,33H2,1H3,(H,36,39,40). The lowest BCUT2D eigenvalue weighted by Gasteiger charge is -2.13. The third kappa shape index (κ3) is 5.92. The second-order valence-corrected chi connectivity index (χ2v) is 9.75. The van der Waals surface area contributed by atoms with Crippen molar-refractivity contribution in [3.05, 3.63) is 108 Å². The van der Waals surface area contributed by atoms with E-state index >= 15 is 0 Å². The minimum absolute atomic E-state index is 0.133. The lowest BCUT2D eigenvalue weighted by Crippen LogP contribution is -2.44. The summed E-state index contributed by atoms with van der Waals surface area (Å²) in [4.78, 5) is 30.2. The fourth-order valence-electron chi connectivity index (χ4n) is 4.65. The molecule has 3 aromatic carbocycles. The molecule has 2 heterocycles. The summed E-state index contributed by atoms with van der Waals surface area (Å²) in [6, 6.07) is 24.7. The highest BCUT2D eigenvalue weighted by Gasteiger charge is 2.19. The lowest BCUT2D eigenvalue weighted by atomic mass is 10.0. The molecule has 0 radical (unpaired) electrons. The molecular weight excluding hydrogens is 502 g/mol. The highest BCUT2D eigenvalue weighted by atomic mass is 16.3. The van der Waals surface area contributed by atoms with Gasteiger partial charge < -0.3 is 10.8 Å². The van der Waals surface area contributed by atoms with E-state index in [1.807, 2.05) is 41.1 Å². The van der Waals surface area contributed by atoms with Gasteiger partial charge in [0.1, 0.15) is 5.75 Å². The minimum Gasteiger partial charge on any atom is -0.508 e. The molecule has 1 unspecified atom stereocenters. The molecule has 2 amide bonds. The van der Waals surface area contributed by atoms with Gasteiger partial charge in [-0.1, -0.05) is 61.9 Å². The Bertz CT molecular complexity index is 1640. The number of rotatable bonds is 9. The van der Waals surface area contributed by atoms with Crippen molar-refractivity contribution in [3.63, 3.8) is 0 Å². The normalized spacial score (nSPS) is 11.8. The first-order valence-corrected chi connectivity index (χ1v) is 13.3. The molecular formula is C32H31N5O3. The van der Waals surface area contributed by atoms with Crippen molar-refractivity contribution in [1.82, 2.24) is 20.1 Å². The third-order valence-electron chi connectivity index (χ3n) is 6.84. The van der Waals surface area contributed by atoms with Gasteiger partial charge in [0.2, 0.25) is 5.91 Å². The predicted molar refractivity (Wildman–Crippen MR) is 155 cm³/mol. The SMILES string of the molecule is CCCCc1nc(-n2nccc2-c2ccc(C(=O)NC(=O)C(N)Cc3ccc(O)cc3)cc2)cc2ccccc12. The van der Waals surface area contributed by atoms with Gasteiger partial charge in [0.15, 0.2) is 5.82 Å². The Morgan fingerprint density at radius 1 is 1.00 bits per heavy atom. The number of amides is 2. The highest BCUT2D eigenvalue weighted by Crippen LogP contribution is 2.26. The number of pyridine rings is 1. The van der Waals surface area contributed by atoms with E-state index < -0.39 is 17.9 Å². The summed E-state index contributed by atoms with van der Waals surface area (Å²) in [7, 11) is 0. The molecule has 40 heavy (non-hydrogen) atoms. The molecule has 0 spiro atoms. The van der Waals surface area contributed by atoms with E-state index in [4.69, 9.17) is 10.7 Å². The number of carbonyl (C=O) groups is 2. The van der Waals surface area contributed by atoms with E-state index in [0.29, 0.717) is 5.56 Å². The summed E-state index contributed by atoms with van der Waals surface area (Å²) in [6.07, 6.45) is 5.00. The third-order valence-corrected chi connectivity index (χ3v) is 6.84. The van der Waals surface area contributed by atoms with Gasteiger partial charge >= 0.3 is 0 Å². The Hall–Kier alpha value is -4.82. The minimum atomic E-state index is -0.904. The molecule has 0 saturated heterocycles. The van der Waals surface area contributed by atoms with Crippen LogP contribution in [0.25, 0.3) is 27.8 Å². The van der Waals surface area contributed by atoms with Crippen LogP contribution in [0.2, 0.25) is 0 Å². The number of unbranched alkanes of at least 4 members (excludes halogenated alkanes) is 1. The van der Waals surface area contributed by atoms with Gasteiger partial charge in [0.05, 0.1) is 23.6 Å². The molecule has 0 aliphatic carbocycles. The number of aryl methyl sites for hydroxylation is 1. The summed E-state index contributed by atoms with van der Waals surface area (Å²) in [5, 5.41) is 18.6. The van der Waals surface area contributed by atoms with E-state index in [2.05, 4.69) is 29.5 Å². The molecule has 202 valence electrons. The van der Waals surface area contributed by atoms with Gasteiger partial charge in [0.25, 0.3) is 5.91 Å². The molecule has 8 nitrogen and oxygen atoms in total. The number of phenolic OH excluding ortho intramolecular Hbond substituents is 1. The number of nitrogens with two attached hydrogens (primary N) is 1. The second-order valence-electron chi connectivity index (χ2n) is 9.75. The van der Waals surface area contributed by atoms with Crippen LogP contribution < -0.4 is 11.1 Å². The van der Waals surface area contributed by atoms with Crippen LogP contribution in [0, 0.1) is 0 Å². The van der Waals surface area contributed by atoms with Gasteiger partial charge in [-0.25, -0.2) is 9.67 Å². The lowest BCUT2D eigenvalue weighted by molar-refractivity contribution is -0.121. The Morgan fingerprint density at radius 2 is 1.75 bits per heavy atom. The van der Waals surface area contributed by atoms with Gasteiger partial charge in [-0.2, -0.15) is 5.10 Å². The predicted octanol–water partition coefficient (Wildman–Crippen LogP) is 4.96. The number of fused-ring (bicyclic) bond motifs is 1. The fraction of sp³-hybridized carbons (Fsp3) is 0.188. The molecule has 0 bridgehead atoms. The monoisotopic (exact) mass is 533 g/mol. The van der Waals surface area contributed by atoms with Crippen LogP contribution in [-0.4, -0.2) is 37.7 Å². The number of aromatic hydroxyl groups is 1. The van der Waals surface area contributed by atoms with Crippen molar-refractivity contribution >= 4 is 22.6 Å². The van der Waals surface area contributed by atoms with Crippen molar-refractivity contribution in [3.8, 4) is 22.8 Å². The van der Waals surface area contributed by atoms with Crippen LogP contribution in [0.4, 0.5) is 0 Å². The zero-order valence-corrected chi connectivity index (χ0v) is 22.2. The number of hydrogen-bond donors (Lipinski definition) is 3. The maximum atomic E-state index is 12.7. The van der Waals surface area contributed by atoms with Gasteiger partial charge in [-0.3, -0.25) is 14.9 Å². The number of phenols is 1. The molecule has 5 aromatic rings. The smallest absolute Gasteiger partial charge is 0.257 e. The molecule has 0 aliphatic heterocycles.